The number of benzene rings is 1. The number of carbonyl (C=O) groups is 1. The summed E-state index contributed by atoms with van der Waals surface area (Å²) in [5.74, 6) is 0.107. The smallest absolute Gasteiger partial charge is 0.155 e. The molecule has 1 atom stereocenters. The number of halogens is 1. The van der Waals surface area contributed by atoms with Gasteiger partial charge in [-0.3, -0.25) is 4.79 Å². The third-order valence-electron chi connectivity index (χ3n) is 2.44. The first-order valence-corrected chi connectivity index (χ1v) is 6.14. The molecule has 1 aromatic rings. The van der Waals surface area contributed by atoms with E-state index >= 15 is 0 Å². The molecule has 0 saturated heterocycles. The van der Waals surface area contributed by atoms with Gasteiger partial charge in [0.05, 0.1) is 6.04 Å². The number of ketones is 1. The second kappa shape index (κ2) is 5.11. The Kier molecular flexibility index (Phi) is 4.28. The van der Waals surface area contributed by atoms with E-state index in [1.165, 1.54) is 0 Å². The average Bonchev–Trinajstić information content (AvgIpc) is 2.19. The van der Waals surface area contributed by atoms with Gasteiger partial charge < -0.3 is 5.73 Å². The zero-order chi connectivity index (χ0) is 12.3. The van der Waals surface area contributed by atoms with E-state index in [1.807, 2.05) is 45.0 Å². The maximum Gasteiger partial charge on any atom is 0.155 e. The molecule has 0 radical (unpaired) electrons. The summed E-state index contributed by atoms with van der Waals surface area (Å²) in [4.78, 5) is 11.9. The Morgan fingerprint density at radius 2 is 1.81 bits per heavy atom. The lowest BCUT2D eigenvalue weighted by molar-refractivity contribution is -0.127. The van der Waals surface area contributed by atoms with Crippen LogP contribution in [0.4, 0.5) is 0 Å². The number of nitrogens with two attached hydrogens (primary N) is 1. The number of hydrogen-bond donors (Lipinski definition) is 1. The molecule has 16 heavy (non-hydrogen) atoms. The quantitative estimate of drug-likeness (QED) is 0.927. The Balaban J connectivity index is 2.68. The molecule has 3 heteroatoms. The van der Waals surface area contributed by atoms with Gasteiger partial charge in [-0.05, 0) is 24.1 Å². The van der Waals surface area contributed by atoms with E-state index < -0.39 is 6.04 Å². The van der Waals surface area contributed by atoms with Crippen molar-refractivity contribution in [3.8, 4) is 0 Å². The fourth-order valence-electron chi connectivity index (χ4n) is 1.52. The third-order valence-corrected chi connectivity index (χ3v) is 2.97. The van der Waals surface area contributed by atoms with Crippen LogP contribution < -0.4 is 5.73 Å². The molecule has 0 fully saturated rings. The van der Waals surface area contributed by atoms with E-state index in [9.17, 15) is 4.79 Å². The summed E-state index contributed by atoms with van der Waals surface area (Å²) in [7, 11) is 0. The SMILES string of the molecule is CC(C)(C)C(=O)[C@@H](N)Cc1ccc(Br)cc1. The summed E-state index contributed by atoms with van der Waals surface area (Å²) in [6.07, 6.45) is 0.601. The fraction of sp³-hybridized carbons (Fsp3) is 0.462. The molecule has 1 aromatic carbocycles. The molecular formula is C13H18BrNO. The van der Waals surface area contributed by atoms with Crippen LogP contribution in [-0.4, -0.2) is 11.8 Å². The van der Waals surface area contributed by atoms with E-state index in [2.05, 4.69) is 15.9 Å². The summed E-state index contributed by atoms with van der Waals surface area (Å²) < 4.78 is 1.03. The Hall–Kier alpha value is -0.670. The Morgan fingerprint density at radius 1 is 1.31 bits per heavy atom. The van der Waals surface area contributed by atoms with Crippen molar-refractivity contribution in [3.05, 3.63) is 34.3 Å². The summed E-state index contributed by atoms with van der Waals surface area (Å²) in [5.41, 5.74) is 6.64. The zero-order valence-electron chi connectivity index (χ0n) is 9.96. The first kappa shape index (κ1) is 13.4. The number of rotatable bonds is 3. The Labute approximate surface area is 105 Å². The summed E-state index contributed by atoms with van der Waals surface area (Å²) >= 11 is 3.37. The van der Waals surface area contributed by atoms with Crippen LogP contribution in [0.25, 0.3) is 0 Å². The van der Waals surface area contributed by atoms with Crippen molar-refractivity contribution in [1.29, 1.82) is 0 Å². The van der Waals surface area contributed by atoms with Gasteiger partial charge in [-0.25, -0.2) is 0 Å². The first-order valence-electron chi connectivity index (χ1n) is 5.35. The molecule has 0 aliphatic rings. The lowest BCUT2D eigenvalue weighted by Gasteiger charge is -2.21. The van der Waals surface area contributed by atoms with E-state index in [0.717, 1.165) is 10.0 Å². The van der Waals surface area contributed by atoms with Crippen LogP contribution in [0, 0.1) is 5.41 Å². The maximum atomic E-state index is 11.9. The maximum absolute atomic E-state index is 11.9. The molecular weight excluding hydrogens is 266 g/mol. The average molecular weight is 284 g/mol. The molecule has 0 unspecified atom stereocenters. The van der Waals surface area contributed by atoms with Crippen LogP contribution in [0.1, 0.15) is 26.3 Å². The zero-order valence-corrected chi connectivity index (χ0v) is 11.5. The highest BCUT2D eigenvalue weighted by Gasteiger charge is 2.26. The number of Topliss-reactive ketones (excluding diaryl/α,β-unsaturated/α-hetero) is 1. The van der Waals surface area contributed by atoms with Gasteiger partial charge in [-0.1, -0.05) is 48.8 Å². The van der Waals surface area contributed by atoms with Gasteiger partial charge in [0.2, 0.25) is 0 Å². The predicted octanol–water partition coefficient (Wildman–Crippen LogP) is 2.93. The molecule has 0 heterocycles. The van der Waals surface area contributed by atoms with Gasteiger partial charge >= 0.3 is 0 Å². The summed E-state index contributed by atoms with van der Waals surface area (Å²) in [6, 6.07) is 7.48. The molecule has 0 aromatic heterocycles. The molecule has 0 amide bonds. The lowest BCUT2D eigenvalue weighted by Crippen LogP contribution is -2.40. The second-order valence-electron chi connectivity index (χ2n) is 5.05. The minimum atomic E-state index is -0.416. The molecule has 0 aliphatic heterocycles. The van der Waals surface area contributed by atoms with Crippen LogP contribution in [0.2, 0.25) is 0 Å². The van der Waals surface area contributed by atoms with Crippen LogP contribution >= 0.6 is 15.9 Å². The first-order chi connectivity index (χ1) is 7.30. The number of carbonyl (C=O) groups excluding carboxylic acids is 1. The summed E-state index contributed by atoms with van der Waals surface area (Å²) in [6.45, 7) is 5.70. The molecule has 0 bridgehead atoms. The van der Waals surface area contributed by atoms with Gasteiger partial charge in [0.15, 0.2) is 5.78 Å². The highest BCUT2D eigenvalue weighted by Crippen LogP contribution is 2.18. The highest BCUT2D eigenvalue weighted by atomic mass is 79.9. The van der Waals surface area contributed by atoms with Crippen molar-refractivity contribution < 1.29 is 4.79 Å². The third kappa shape index (κ3) is 3.72. The monoisotopic (exact) mass is 283 g/mol. The molecule has 0 aliphatic carbocycles. The van der Waals surface area contributed by atoms with Crippen LogP contribution in [0.5, 0.6) is 0 Å². The van der Waals surface area contributed by atoms with E-state index in [1.54, 1.807) is 0 Å². The minimum Gasteiger partial charge on any atom is -0.321 e. The summed E-state index contributed by atoms with van der Waals surface area (Å²) in [5, 5.41) is 0. The van der Waals surface area contributed by atoms with Crippen LogP contribution in [0.15, 0.2) is 28.7 Å². The van der Waals surface area contributed by atoms with E-state index in [0.29, 0.717) is 6.42 Å². The van der Waals surface area contributed by atoms with Crippen molar-refractivity contribution in [2.24, 2.45) is 11.1 Å². The fourth-order valence-corrected chi connectivity index (χ4v) is 1.79. The number of hydrogen-bond acceptors (Lipinski definition) is 2. The molecule has 2 nitrogen and oxygen atoms in total. The highest BCUT2D eigenvalue weighted by molar-refractivity contribution is 9.10. The Morgan fingerprint density at radius 3 is 2.25 bits per heavy atom. The van der Waals surface area contributed by atoms with Crippen LogP contribution in [-0.2, 0) is 11.2 Å². The molecule has 1 rings (SSSR count). The van der Waals surface area contributed by atoms with E-state index in [4.69, 9.17) is 5.73 Å². The topological polar surface area (TPSA) is 43.1 Å². The van der Waals surface area contributed by atoms with Gasteiger partial charge in [-0.15, -0.1) is 0 Å². The van der Waals surface area contributed by atoms with Crippen molar-refractivity contribution in [3.63, 3.8) is 0 Å². The molecule has 88 valence electrons. The van der Waals surface area contributed by atoms with Gasteiger partial charge in [0.1, 0.15) is 0 Å². The molecule has 2 N–H and O–H groups in total. The lowest BCUT2D eigenvalue weighted by atomic mass is 9.85. The normalized spacial score (nSPS) is 13.6. The van der Waals surface area contributed by atoms with Crippen molar-refractivity contribution in [1.82, 2.24) is 0 Å². The van der Waals surface area contributed by atoms with Gasteiger partial charge in [-0.2, -0.15) is 0 Å². The standard InChI is InChI=1S/C13H18BrNO/c1-13(2,3)12(16)11(15)8-9-4-6-10(14)7-5-9/h4-7,11H,8,15H2,1-3H3/t11-/m0/s1. The van der Waals surface area contributed by atoms with Crippen molar-refractivity contribution in [2.45, 2.75) is 33.2 Å². The van der Waals surface area contributed by atoms with Gasteiger partial charge in [0, 0.05) is 9.89 Å². The Bertz CT molecular complexity index is 365. The van der Waals surface area contributed by atoms with Crippen molar-refractivity contribution in [2.75, 3.05) is 0 Å². The second-order valence-corrected chi connectivity index (χ2v) is 5.97. The van der Waals surface area contributed by atoms with Crippen LogP contribution in [0.3, 0.4) is 0 Å². The molecule has 0 saturated carbocycles. The van der Waals surface area contributed by atoms with Crippen molar-refractivity contribution >= 4 is 21.7 Å². The van der Waals surface area contributed by atoms with Gasteiger partial charge in [0.25, 0.3) is 0 Å². The minimum absolute atomic E-state index is 0.107. The largest absolute Gasteiger partial charge is 0.321 e. The molecule has 0 spiro atoms. The predicted molar refractivity (Wildman–Crippen MR) is 70.3 cm³/mol. The van der Waals surface area contributed by atoms with E-state index in [-0.39, 0.29) is 11.2 Å².